The first-order valence-corrected chi connectivity index (χ1v) is 18.9. The Morgan fingerprint density at radius 2 is 1.75 bits per heavy atom. The molecule has 12 nitrogen and oxygen atoms in total. The Kier molecular flexibility index (Phi) is 12.9. The van der Waals surface area contributed by atoms with Gasteiger partial charge in [0.1, 0.15) is 35.3 Å². The predicted molar refractivity (Wildman–Crippen MR) is 202 cm³/mol. The van der Waals surface area contributed by atoms with Crippen LogP contribution < -0.4 is 9.47 Å². The Hall–Kier alpha value is -4.00. The number of fused-ring (bicyclic) bond motifs is 2. The molecule has 12 heteroatoms. The van der Waals surface area contributed by atoms with Gasteiger partial charge in [-0.15, -0.1) is 11.7 Å². The van der Waals surface area contributed by atoms with Crippen molar-refractivity contribution in [2.45, 2.75) is 115 Å². The van der Waals surface area contributed by atoms with E-state index in [2.05, 4.69) is 35.6 Å². The molecule has 0 amide bonds. The molecule has 0 spiro atoms. The summed E-state index contributed by atoms with van der Waals surface area (Å²) in [4.78, 5) is 19.9. The van der Waals surface area contributed by atoms with E-state index in [0.717, 1.165) is 36.8 Å². The number of aliphatic hydroxyl groups is 2. The summed E-state index contributed by atoms with van der Waals surface area (Å²) in [6, 6.07) is 5.12. The van der Waals surface area contributed by atoms with Crippen LogP contribution in [0.5, 0.6) is 11.5 Å². The van der Waals surface area contributed by atoms with Crippen LogP contribution in [0.2, 0.25) is 0 Å². The van der Waals surface area contributed by atoms with Crippen molar-refractivity contribution in [3.63, 3.8) is 0 Å². The highest BCUT2D eigenvalue weighted by Crippen LogP contribution is 2.63. The second-order valence-electron chi connectivity index (χ2n) is 16.1. The third-order valence-electron chi connectivity index (χ3n) is 9.92. The van der Waals surface area contributed by atoms with Crippen molar-refractivity contribution in [1.29, 1.82) is 0 Å². The number of hydrogen-bond acceptors (Lipinski definition) is 11. The summed E-state index contributed by atoms with van der Waals surface area (Å²) in [7, 11) is 0. The zero-order valence-electron chi connectivity index (χ0n) is 32.3. The second kappa shape index (κ2) is 17.0. The van der Waals surface area contributed by atoms with Crippen molar-refractivity contribution in [3.05, 3.63) is 72.6 Å². The van der Waals surface area contributed by atoms with Crippen LogP contribution in [0.4, 0.5) is 0 Å². The molecule has 6 unspecified atom stereocenters. The zero-order valence-corrected chi connectivity index (χ0v) is 32.3. The number of oxime groups is 1. The van der Waals surface area contributed by atoms with Crippen LogP contribution in [-0.4, -0.2) is 80.3 Å². The number of aliphatic hydroxyl groups excluding tert-OH is 2. The molecule has 1 aromatic carbocycles. The average molecular weight is 735 g/mol. The molecule has 2 aromatic rings. The molecule has 2 N–H and O–H groups in total. The second-order valence-corrected chi connectivity index (χ2v) is 16.1. The number of unbranched alkanes of at least 4 members (excludes halogenated alkanes) is 2. The van der Waals surface area contributed by atoms with E-state index in [0.29, 0.717) is 36.7 Å². The van der Waals surface area contributed by atoms with Crippen LogP contribution in [-0.2, 0) is 14.3 Å². The molecule has 2 heterocycles. The molecule has 290 valence electrons. The summed E-state index contributed by atoms with van der Waals surface area (Å²) < 4.78 is 27.6. The average Bonchev–Trinajstić information content (AvgIpc) is 3.59. The number of carbonyl (C=O) groups excluding carboxylic acids is 1. The first-order valence-electron chi connectivity index (χ1n) is 18.9. The van der Waals surface area contributed by atoms with Gasteiger partial charge in [-0.1, -0.05) is 48.0 Å². The number of nitrogens with zero attached hydrogens (tertiary/aromatic N) is 4. The summed E-state index contributed by atoms with van der Waals surface area (Å²) in [5, 5.41) is 33.2. The Labute approximate surface area is 313 Å². The van der Waals surface area contributed by atoms with Crippen molar-refractivity contribution in [1.82, 2.24) is 15.0 Å². The standard InChI is InChI=1S/C41H58N4O8/c1-9-21-49-28-17-18-34-31(24-28)36-29(16-12-14-20-47)27(15-11-13-19-46)23-30-32(43-53-40(6,7)8)25-35(41(51-34,37(30)36)50-22-10-2)45-33(26-42-44-45)38(48)52-39(3,4)5/h9-10,17-18,23-24,26-27,29,35-37,46-47H,1-2,11-16,19-22,25H2,3-8H3. The number of carbonyl (C=O) groups is 1. The van der Waals surface area contributed by atoms with Crippen molar-refractivity contribution >= 4 is 11.7 Å². The highest BCUT2D eigenvalue weighted by atomic mass is 16.7. The van der Waals surface area contributed by atoms with Gasteiger partial charge >= 0.3 is 5.97 Å². The van der Waals surface area contributed by atoms with Crippen LogP contribution in [0.25, 0.3) is 0 Å². The van der Waals surface area contributed by atoms with Gasteiger partial charge in [0.2, 0.25) is 5.79 Å². The Bertz CT molecular complexity index is 1650. The molecular formula is C41H58N4O8. The number of ether oxygens (including phenoxy) is 4. The highest BCUT2D eigenvalue weighted by Gasteiger charge is 2.65. The van der Waals surface area contributed by atoms with Gasteiger partial charge in [0.25, 0.3) is 0 Å². The lowest BCUT2D eigenvalue weighted by Gasteiger charge is -2.58. The van der Waals surface area contributed by atoms with Gasteiger partial charge in [-0.05, 0) is 103 Å². The van der Waals surface area contributed by atoms with Crippen LogP contribution in [0.1, 0.15) is 114 Å². The molecule has 0 saturated heterocycles. The maximum absolute atomic E-state index is 13.7. The van der Waals surface area contributed by atoms with Gasteiger partial charge < -0.3 is 34.0 Å². The van der Waals surface area contributed by atoms with Gasteiger partial charge in [-0.3, -0.25) is 0 Å². The van der Waals surface area contributed by atoms with Gasteiger partial charge in [-0.2, -0.15) is 0 Å². The topological polar surface area (TPSA) is 147 Å². The molecule has 1 aliphatic heterocycles. The first kappa shape index (κ1) is 40.2. The number of esters is 1. The van der Waals surface area contributed by atoms with Gasteiger partial charge in [-0.25, -0.2) is 9.48 Å². The zero-order chi connectivity index (χ0) is 38.4. The molecule has 0 radical (unpaired) electrons. The van der Waals surface area contributed by atoms with Crippen molar-refractivity contribution < 1.29 is 38.8 Å². The lowest BCUT2D eigenvalue weighted by atomic mass is 9.55. The molecule has 1 saturated carbocycles. The quantitative estimate of drug-likeness (QED) is 0.0747. The summed E-state index contributed by atoms with van der Waals surface area (Å²) in [5.41, 5.74) is 1.45. The largest absolute Gasteiger partial charge is 0.490 e. The number of rotatable bonds is 17. The van der Waals surface area contributed by atoms with Crippen LogP contribution >= 0.6 is 0 Å². The number of allylic oxidation sites excluding steroid dienone is 1. The van der Waals surface area contributed by atoms with Gasteiger partial charge in [0.15, 0.2) is 5.69 Å². The fourth-order valence-corrected chi connectivity index (χ4v) is 7.97. The Balaban J connectivity index is 1.81. The van der Waals surface area contributed by atoms with Crippen molar-refractivity contribution in [3.8, 4) is 11.5 Å². The maximum atomic E-state index is 13.7. The number of aromatic nitrogens is 3. The molecule has 53 heavy (non-hydrogen) atoms. The fraction of sp³-hybridized carbons (Fsp3) is 0.610. The Morgan fingerprint density at radius 3 is 2.42 bits per heavy atom. The lowest BCUT2D eigenvalue weighted by molar-refractivity contribution is -0.252. The maximum Gasteiger partial charge on any atom is 0.358 e. The number of benzene rings is 1. The minimum absolute atomic E-state index is 0.0858. The molecule has 1 aromatic heterocycles. The summed E-state index contributed by atoms with van der Waals surface area (Å²) in [5.74, 6) is -1.08. The van der Waals surface area contributed by atoms with Crippen molar-refractivity contribution in [2.75, 3.05) is 26.4 Å². The van der Waals surface area contributed by atoms with Crippen LogP contribution in [0.15, 0.2) is 66.5 Å². The van der Waals surface area contributed by atoms with Gasteiger partial charge in [0, 0.05) is 31.1 Å². The minimum atomic E-state index is -1.41. The van der Waals surface area contributed by atoms with E-state index >= 15 is 0 Å². The van der Waals surface area contributed by atoms with Crippen LogP contribution in [0.3, 0.4) is 0 Å². The Morgan fingerprint density at radius 1 is 1.04 bits per heavy atom. The first-order chi connectivity index (χ1) is 25.3. The molecule has 5 rings (SSSR count). The van der Waals surface area contributed by atoms with Crippen LogP contribution in [0, 0.1) is 17.8 Å². The molecule has 2 aliphatic carbocycles. The van der Waals surface area contributed by atoms with E-state index in [1.54, 1.807) is 16.8 Å². The van der Waals surface area contributed by atoms with E-state index in [1.165, 1.54) is 6.20 Å². The lowest BCUT2D eigenvalue weighted by Crippen LogP contribution is -2.63. The van der Waals surface area contributed by atoms with E-state index in [9.17, 15) is 15.0 Å². The molecule has 6 atom stereocenters. The summed E-state index contributed by atoms with van der Waals surface area (Å²) in [6.07, 6.45) is 12.1. The minimum Gasteiger partial charge on any atom is -0.490 e. The highest BCUT2D eigenvalue weighted by molar-refractivity contribution is 6.02. The van der Waals surface area contributed by atoms with E-state index in [4.69, 9.17) is 28.9 Å². The number of hydrogen-bond donors (Lipinski definition) is 2. The third-order valence-corrected chi connectivity index (χ3v) is 9.92. The van der Waals surface area contributed by atoms with E-state index in [1.807, 2.05) is 53.7 Å². The molecule has 1 fully saturated rings. The third kappa shape index (κ3) is 9.04. The fourth-order valence-electron chi connectivity index (χ4n) is 7.97. The molecular weight excluding hydrogens is 676 g/mol. The predicted octanol–water partition coefficient (Wildman–Crippen LogP) is 7.10. The smallest absolute Gasteiger partial charge is 0.358 e. The van der Waals surface area contributed by atoms with E-state index < -0.39 is 34.9 Å². The summed E-state index contributed by atoms with van der Waals surface area (Å²) >= 11 is 0. The van der Waals surface area contributed by atoms with Gasteiger partial charge in [0.05, 0.1) is 24.4 Å². The summed E-state index contributed by atoms with van der Waals surface area (Å²) in [6.45, 7) is 19.8. The van der Waals surface area contributed by atoms with Crippen molar-refractivity contribution in [2.24, 2.45) is 22.9 Å². The normalized spacial score (nSPS) is 25.8. The van der Waals surface area contributed by atoms with E-state index in [-0.39, 0.29) is 49.7 Å². The molecule has 3 aliphatic rings. The monoisotopic (exact) mass is 734 g/mol. The molecule has 0 bridgehead atoms. The SMILES string of the molecule is C=CCOc1ccc2c(c1)C1C(CCCCO)C(CCCCO)C=C3C(=NOC(C)(C)C)CC(n4nncc4C(=O)OC(C)(C)C)C(OCC=C)(O2)C31.